The Bertz CT molecular complexity index is 898. The van der Waals surface area contributed by atoms with Gasteiger partial charge in [0, 0.05) is 30.5 Å². The third kappa shape index (κ3) is 4.89. The van der Waals surface area contributed by atoms with Gasteiger partial charge < -0.3 is 4.90 Å². The Hall–Kier alpha value is -2.21. The zero-order chi connectivity index (χ0) is 18.4. The van der Waals surface area contributed by atoms with Crippen LogP contribution in [0.1, 0.15) is 27.2 Å². The lowest BCUT2D eigenvalue weighted by molar-refractivity contribution is 0.0786. The van der Waals surface area contributed by atoms with E-state index in [0.717, 1.165) is 10.4 Å². The number of nitriles is 1. The van der Waals surface area contributed by atoms with E-state index in [0.29, 0.717) is 12.1 Å². The number of thiophene rings is 1. The van der Waals surface area contributed by atoms with E-state index in [9.17, 15) is 13.2 Å². The van der Waals surface area contributed by atoms with Crippen LogP contribution in [-0.2, 0) is 16.6 Å². The molecule has 0 aliphatic carbocycles. The van der Waals surface area contributed by atoms with Gasteiger partial charge in [0.1, 0.15) is 0 Å². The van der Waals surface area contributed by atoms with Gasteiger partial charge >= 0.3 is 0 Å². The fraction of sp³-hybridized carbons (Fsp3) is 0.294. The van der Waals surface area contributed by atoms with Crippen LogP contribution in [0.3, 0.4) is 0 Å². The zero-order valence-electron chi connectivity index (χ0n) is 14.0. The summed E-state index contributed by atoms with van der Waals surface area (Å²) in [4.78, 5) is 15.3. The van der Waals surface area contributed by atoms with Gasteiger partial charge in [-0.1, -0.05) is 6.07 Å². The summed E-state index contributed by atoms with van der Waals surface area (Å²) in [6.45, 7) is 2.50. The van der Waals surface area contributed by atoms with Crippen LogP contribution in [0.15, 0.2) is 40.6 Å². The summed E-state index contributed by atoms with van der Waals surface area (Å²) in [6.07, 6.45) is 0.0841. The fourth-order valence-electron chi connectivity index (χ4n) is 2.19. The standard InChI is InChI=1S/C17H19N3O3S2/c1-13-7-10-24-16(13)12-20(2)17(21)14-5-3-6-15(11-14)25(22,23)19-9-4-8-18/h3,5-7,10-11,19H,4,9,12H2,1-2H3. The van der Waals surface area contributed by atoms with Crippen molar-refractivity contribution in [1.82, 2.24) is 9.62 Å². The number of rotatable bonds is 7. The predicted octanol–water partition coefficient (Wildman–Crippen LogP) is 2.52. The van der Waals surface area contributed by atoms with E-state index in [-0.39, 0.29) is 23.8 Å². The molecule has 0 saturated heterocycles. The second-order valence-electron chi connectivity index (χ2n) is 5.52. The monoisotopic (exact) mass is 377 g/mol. The number of amides is 1. The summed E-state index contributed by atoms with van der Waals surface area (Å²) < 4.78 is 26.8. The number of aryl methyl sites for hydroxylation is 1. The van der Waals surface area contributed by atoms with Gasteiger partial charge in [-0.05, 0) is 42.1 Å². The molecule has 0 aliphatic rings. The first-order valence-corrected chi connectivity index (χ1v) is 9.96. The molecule has 1 amide bonds. The average molecular weight is 377 g/mol. The van der Waals surface area contributed by atoms with E-state index in [2.05, 4.69) is 4.72 Å². The van der Waals surface area contributed by atoms with Crippen molar-refractivity contribution in [3.05, 3.63) is 51.7 Å². The van der Waals surface area contributed by atoms with Crippen LogP contribution < -0.4 is 4.72 Å². The van der Waals surface area contributed by atoms with Crippen molar-refractivity contribution >= 4 is 27.3 Å². The molecule has 8 heteroatoms. The SMILES string of the molecule is Cc1ccsc1CN(C)C(=O)c1cccc(S(=O)(=O)NCCC#N)c1. The number of hydrogen-bond acceptors (Lipinski definition) is 5. The Morgan fingerprint density at radius 2 is 2.12 bits per heavy atom. The lowest BCUT2D eigenvalue weighted by atomic mass is 10.2. The maximum absolute atomic E-state index is 12.6. The van der Waals surface area contributed by atoms with Crippen molar-refractivity contribution in [2.24, 2.45) is 0 Å². The summed E-state index contributed by atoms with van der Waals surface area (Å²) in [5.41, 5.74) is 1.43. The fourth-order valence-corrected chi connectivity index (χ4v) is 4.23. The minimum Gasteiger partial charge on any atom is -0.337 e. The molecule has 1 heterocycles. The van der Waals surface area contributed by atoms with Crippen molar-refractivity contribution in [2.45, 2.75) is 24.8 Å². The number of nitrogens with zero attached hydrogens (tertiary/aromatic N) is 2. The molecule has 0 unspecified atom stereocenters. The van der Waals surface area contributed by atoms with E-state index in [4.69, 9.17) is 5.26 Å². The number of sulfonamides is 1. The van der Waals surface area contributed by atoms with Crippen LogP contribution in [0.4, 0.5) is 0 Å². The second-order valence-corrected chi connectivity index (χ2v) is 8.29. The molecule has 0 bridgehead atoms. The van der Waals surface area contributed by atoms with Crippen LogP contribution >= 0.6 is 11.3 Å². The molecule has 2 aromatic rings. The largest absolute Gasteiger partial charge is 0.337 e. The maximum Gasteiger partial charge on any atom is 0.253 e. The highest BCUT2D eigenvalue weighted by atomic mass is 32.2. The summed E-state index contributed by atoms with van der Waals surface area (Å²) in [6, 6.07) is 9.78. The average Bonchev–Trinajstić information content (AvgIpc) is 2.99. The van der Waals surface area contributed by atoms with Crippen molar-refractivity contribution in [3.63, 3.8) is 0 Å². The Kier molecular flexibility index (Phi) is 6.31. The minimum absolute atomic E-state index is 0.0111. The number of carbonyl (C=O) groups excluding carboxylic acids is 1. The van der Waals surface area contributed by atoms with Crippen LogP contribution in [0.5, 0.6) is 0 Å². The first-order valence-electron chi connectivity index (χ1n) is 7.60. The molecule has 0 atom stereocenters. The summed E-state index contributed by atoms with van der Waals surface area (Å²) in [7, 11) is -2.05. The van der Waals surface area contributed by atoms with Crippen LogP contribution in [-0.4, -0.2) is 32.8 Å². The number of benzene rings is 1. The molecule has 0 fully saturated rings. The summed E-state index contributed by atoms with van der Waals surface area (Å²) in [5.74, 6) is -0.248. The van der Waals surface area contributed by atoms with E-state index in [1.54, 1.807) is 29.4 Å². The zero-order valence-corrected chi connectivity index (χ0v) is 15.7. The molecule has 0 radical (unpaired) electrons. The molecule has 0 spiro atoms. The van der Waals surface area contributed by atoms with Crippen LogP contribution in [0, 0.1) is 18.3 Å². The molecule has 0 saturated carbocycles. The molecule has 1 aromatic carbocycles. The first-order chi connectivity index (χ1) is 11.8. The van der Waals surface area contributed by atoms with Gasteiger partial charge in [-0.25, -0.2) is 13.1 Å². The Morgan fingerprint density at radius 3 is 2.76 bits per heavy atom. The van der Waals surface area contributed by atoms with E-state index in [1.807, 2.05) is 24.4 Å². The molecule has 132 valence electrons. The molecule has 1 aromatic heterocycles. The second kappa shape index (κ2) is 8.25. The summed E-state index contributed by atoms with van der Waals surface area (Å²) >= 11 is 1.58. The summed E-state index contributed by atoms with van der Waals surface area (Å²) in [5, 5.41) is 10.5. The third-order valence-electron chi connectivity index (χ3n) is 3.62. The topological polar surface area (TPSA) is 90.3 Å². The van der Waals surface area contributed by atoms with Crippen LogP contribution in [0.25, 0.3) is 0 Å². The Morgan fingerprint density at radius 1 is 1.36 bits per heavy atom. The van der Waals surface area contributed by atoms with Gasteiger partial charge in [-0.2, -0.15) is 5.26 Å². The van der Waals surface area contributed by atoms with Crippen molar-refractivity contribution in [1.29, 1.82) is 5.26 Å². The van der Waals surface area contributed by atoms with E-state index < -0.39 is 10.0 Å². The molecular weight excluding hydrogens is 358 g/mol. The highest BCUT2D eigenvalue weighted by Gasteiger charge is 2.18. The Labute approximate surface area is 151 Å². The predicted molar refractivity (Wildman–Crippen MR) is 96.7 cm³/mol. The molecule has 0 aliphatic heterocycles. The Balaban J connectivity index is 2.16. The van der Waals surface area contributed by atoms with Gasteiger partial charge in [-0.3, -0.25) is 4.79 Å². The maximum atomic E-state index is 12.6. The molecule has 6 nitrogen and oxygen atoms in total. The number of nitrogens with one attached hydrogen (secondary N) is 1. The van der Waals surface area contributed by atoms with Gasteiger partial charge in [0.25, 0.3) is 5.91 Å². The van der Waals surface area contributed by atoms with E-state index >= 15 is 0 Å². The molecule has 25 heavy (non-hydrogen) atoms. The number of carbonyl (C=O) groups is 1. The third-order valence-corrected chi connectivity index (χ3v) is 6.08. The highest BCUT2D eigenvalue weighted by molar-refractivity contribution is 7.89. The van der Waals surface area contributed by atoms with Gasteiger partial charge in [0.15, 0.2) is 0 Å². The van der Waals surface area contributed by atoms with Crippen molar-refractivity contribution in [3.8, 4) is 6.07 Å². The van der Waals surface area contributed by atoms with Crippen molar-refractivity contribution in [2.75, 3.05) is 13.6 Å². The van der Waals surface area contributed by atoms with E-state index in [1.165, 1.54) is 18.2 Å². The lowest BCUT2D eigenvalue weighted by Crippen LogP contribution is -2.27. The van der Waals surface area contributed by atoms with Crippen LogP contribution in [0.2, 0.25) is 0 Å². The lowest BCUT2D eigenvalue weighted by Gasteiger charge is -2.17. The van der Waals surface area contributed by atoms with Gasteiger partial charge in [0.2, 0.25) is 10.0 Å². The molecule has 2 rings (SSSR count). The minimum atomic E-state index is -3.74. The van der Waals surface area contributed by atoms with Gasteiger partial charge in [-0.15, -0.1) is 11.3 Å². The quantitative estimate of drug-likeness (QED) is 0.751. The van der Waals surface area contributed by atoms with Crippen molar-refractivity contribution < 1.29 is 13.2 Å². The normalized spacial score (nSPS) is 11.1. The first kappa shape index (κ1) is 19.1. The number of hydrogen-bond donors (Lipinski definition) is 1. The van der Waals surface area contributed by atoms with Gasteiger partial charge in [0.05, 0.1) is 17.5 Å². The smallest absolute Gasteiger partial charge is 0.253 e. The highest BCUT2D eigenvalue weighted by Crippen LogP contribution is 2.19. The molecule has 1 N–H and O–H groups in total. The molecular formula is C17H19N3O3S2.